The first-order chi connectivity index (χ1) is 6.74. The first-order valence-corrected chi connectivity index (χ1v) is 4.94. The fourth-order valence-electron chi connectivity index (χ4n) is 1.49. The molecule has 1 aromatic rings. The van der Waals surface area contributed by atoms with Gasteiger partial charge in [0.1, 0.15) is 5.82 Å². The number of nitrogens with two attached hydrogens (primary N) is 1. The molecule has 1 aliphatic carbocycles. The monoisotopic (exact) mass is 194 g/mol. The number of nitrogens with one attached hydrogen (secondary N) is 1. The van der Waals surface area contributed by atoms with Crippen molar-refractivity contribution >= 4 is 5.69 Å². The molecule has 0 aromatic heterocycles. The van der Waals surface area contributed by atoms with Gasteiger partial charge in [-0.15, -0.1) is 0 Å². The van der Waals surface area contributed by atoms with Crippen LogP contribution in [-0.2, 0) is 0 Å². The molecule has 3 heteroatoms. The molecule has 0 atom stereocenters. The van der Waals surface area contributed by atoms with E-state index < -0.39 is 0 Å². The molecule has 0 bridgehead atoms. The van der Waals surface area contributed by atoms with Gasteiger partial charge in [0.05, 0.1) is 0 Å². The molecule has 76 valence electrons. The van der Waals surface area contributed by atoms with Crippen LogP contribution < -0.4 is 11.1 Å². The van der Waals surface area contributed by atoms with Crippen LogP contribution in [0.25, 0.3) is 0 Å². The molecule has 3 N–H and O–H groups in total. The van der Waals surface area contributed by atoms with Gasteiger partial charge < -0.3 is 11.1 Å². The van der Waals surface area contributed by atoms with Gasteiger partial charge in [0.15, 0.2) is 0 Å². The predicted octanol–water partition coefficient (Wildman–Crippen LogP) is 1.98. The minimum atomic E-state index is -0.199. The third-order valence-electron chi connectivity index (χ3n) is 2.90. The second kappa shape index (κ2) is 3.58. The average molecular weight is 194 g/mol. The number of halogens is 1. The highest BCUT2D eigenvalue weighted by Crippen LogP contribution is 2.44. The molecule has 1 aliphatic rings. The van der Waals surface area contributed by atoms with E-state index in [2.05, 4.69) is 5.32 Å². The largest absolute Gasteiger partial charge is 0.384 e. The molecule has 0 heterocycles. The molecule has 0 aliphatic heterocycles. The van der Waals surface area contributed by atoms with E-state index in [1.54, 1.807) is 12.1 Å². The number of benzene rings is 1. The summed E-state index contributed by atoms with van der Waals surface area (Å²) in [7, 11) is 0. The zero-order valence-corrected chi connectivity index (χ0v) is 8.09. The summed E-state index contributed by atoms with van der Waals surface area (Å²) in [6.07, 6.45) is 2.41. The first-order valence-electron chi connectivity index (χ1n) is 4.94. The molecule has 1 saturated carbocycles. The second-order valence-electron chi connectivity index (χ2n) is 4.06. The van der Waals surface area contributed by atoms with Gasteiger partial charge in [-0.05, 0) is 49.1 Å². The van der Waals surface area contributed by atoms with Crippen LogP contribution in [0.1, 0.15) is 12.8 Å². The number of anilines is 1. The van der Waals surface area contributed by atoms with E-state index in [1.807, 2.05) is 0 Å². The van der Waals surface area contributed by atoms with Crippen molar-refractivity contribution in [2.75, 3.05) is 18.4 Å². The van der Waals surface area contributed by atoms with Crippen LogP contribution >= 0.6 is 0 Å². The Hall–Kier alpha value is -1.09. The van der Waals surface area contributed by atoms with E-state index in [1.165, 1.54) is 25.0 Å². The summed E-state index contributed by atoms with van der Waals surface area (Å²) in [5.74, 6) is -0.199. The van der Waals surface area contributed by atoms with Crippen molar-refractivity contribution in [1.82, 2.24) is 0 Å². The molecule has 2 nitrogen and oxygen atoms in total. The van der Waals surface area contributed by atoms with Crippen molar-refractivity contribution in [2.24, 2.45) is 11.1 Å². The summed E-state index contributed by atoms with van der Waals surface area (Å²) < 4.78 is 12.6. The maximum Gasteiger partial charge on any atom is 0.123 e. The van der Waals surface area contributed by atoms with Crippen LogP contribution in [0.3, 0.4) is 0 Å². The summed E-state index contributed by atoms with van der Waals surface area (Å²) in [6, 6.07) is 6.43. The highest BCUT2D eigenvalue weighted by molar-refractivity contribution is 5.43. The maximum atomic E-state index is 12.6. The van der Waals surface area contributed by atoms with E-state index in [0.717, 1.165) is 18.8 Å². The second-order valence-corrected chi connectivity index (χ2v) is 4.06. The lowest BCUT2D eigenvalue weighted by Gasteiger charge is -2.14. The summed E-state index contributed by atoms with van der Waals surface area (Å²) in [5.41, 5.74) is 6.93. The smallest absolute Gasteiger partial charge is 0.123 e. The summed E-state index contributed by atoms with van der Waals surface area (Å²) in [5, 5.41) is 3.28. The molecule has 2 rings (SSSR count). The predicted molar refractivity (Wildman–Crippen MR) is 55.6 cm³/mol. The van der Waals surface area contributed by atoms with Gasteiger partial charge >= 0.3 is 0 Å². The summed E-state index contributed by atoms with van der Waals surface area (Å²) >= 11 is 0. The van der Waals surface area contributed by atoms with Crippen molar-refractivity contribution in [3.8, 4) is 0 Å². The molecule has 0 spiro atoms. The van der Waals surface area contributed by atoms with Gasteiger partial charge in [-0.2, -0.15) is 0 Å². The standard InChI is InChI=1S/C11H15FN2/c12-9-1-3-10(4-2-9)14-8-11(7-13)5-6-11/h1-4,14H,5-8,13H2. The number of rotatable bonds is 4. The number of hydrogen-bond acceptors (Lipinski definition) is 2. The van der Waals surface area contributed by atoms with Gasteiger partial charge in [-0.25, -0.2) is 4.39 Å². The van der Waals surface area contributed by atoms with Gasteiger partial charge in [0.25, 0.3) is 0 Å². The van der Waals surface area contributed by atoms with Crippen molar-refractivity contribution in [3.63, 3.8) is 0 Å². The normalized spacial score (nSPS) is 17.9. The molecule has 0 saturated heterocycles. The molecule has 1 aromatic carbocycles. The first kappa shape index (κ1) is 9.46. The lowest BCUT2D eigenvalue weighted by Crippen LogP contribution is -2.24. The summed E-state index contributed by atoms with van der Waals surface area (Å²) in [4.78, 5) is 0. The Labute approximate surface area is 83.3 Å². The lowest BCUT2D eigenvalue weighted by molar-refractivity contribution is 0.555. The van der Waals surface area contributed by atoms with Crippen LogP contribution in [-0.4, -0.2) is 13.1 Å². The molecule has 14 heavy (non-hydrogen) atoms. The van der Waals surface area contributed by atoms with Crippen LogP contribution in [0.4, 0.5) is 10.1 Å². The third-order valence-corrected chi connectivity index (χ3v) is 2.90. The van der Waals surface area contributed by atoms with Gasteiger partial charge in [0, 0.05) is 12.2 Å². The fraction of sp³-hybridized carbons (Fsp3) is 0.455. The minimum absolute atomic E-state index is 0.199. The van der Waals surface area contributed by atoms with Crippen molar-refractivity contribution in [3.05, 3.63) is 30.1 Å². The topological polar surface area (TPSA) is 38.0 Å². The van der Waals surface area contributed by atoms with E-state index >= 15 is 0 Å². The lowest BCUT2D eigenvalue weighted by atomic mass is 10.1. The molecular weight excluding hydrogens is 179 g/mol. The van der Waals surface area contributed by atoms with E-state index in [9.17, 15) is 4.39 Å². The number of hydrogen-bond donors (Lipinski definition) is 2. The van der Waals surface area contributed by atoms with Crippen molar-refractivity contribution < 1.29 is 4.39 Å². The Bertz CT molecular complexity index is 304. The van der Waals surface area contributed by atoms with Crippen molar-refractivity contribution in [2.45, 2.75) is 12.8 Å². The third kappa shape index (κ3) is 2.04. The minimum Gasteiger partial charge on any atom is -0.384 e. The molecule has 0 unspecified atom stereocenters. The molecular formula is C11H15FN2. The molecule has 0 amide bonds. The zero-order valence-electron chi connectivity index (χ0n) is 8.09. The van der Waals surface area contributed by atoms with Gasteiger partial charge in [0.2, 0.25) is 0 Å². The highest BCUT2D eigenvalue weighted by Gasteiger charge is 2.40. The highest BCUT2D eigenvalue weighted by atomic mass is 19.1. The van der Waals surface area contributed by atoms with Crippen LogP contribution in [0.15, 0.2) is 24.3 Å². The van der Waals surface area contributed by atoms with E-state index in [0.29, 0.717) is 5.41 Å². The summed E-state index contributed by atoms with van der Waals surface area (Å²) in [6.45, 7) is 1.64. The van der Waals surface area contributed by atoms with Crippen LogP contribution in [0.2, 0.25) is 0 Å². The molecule has 0 radical (unpaired) electrons. The fourth-order valence-corrected chi connectivity index (χ4v) is 1.49. The van der Waals surface area contributed by atoms with Crippen LogP contribution in [0, 0.1) is 11.2 Å². The van der Waals surface area contributed by atoms with E-state index in [4.69, 9.17) is 5.73 Å². The Morgan fingerprint density at radius 3 is 2.43 bits per heavy atom. The Morgan fingerprint density at radius 2 is 1.93 bits per heavy atom. The SMILES string of the molecule is NCC1(CNc2ccc(F)cc2)CC1. The Balaban J connectivity index is 1.89. The Kier molecular flexibility index (Phi) is 2.42. The van der Waals surface area contributed by atoms with Gasteiger partial charge in [-0.3, -0.25) is 0 Å². The average Bonchev–Trinajstić information content (AvgIpc) is 2.98. The maximum absolute atomic E-state index is 12.6. The Morgan fingerprint density at radius 1 is 1.29 bits per heavy atom. The van der Waals surface area contributed by atoms with E-state index in [-0.39, 0.29) is 5.82 Å². The van der Waals surface area contributed by atoms with Crippen LogP contribution in [0.5, 0.6) is 0 Å². The van der Waals surface area contributed by atoms with Crippen molar-refractivity contribution in [1.29, 1.82) is 0 Å². The van der Waals surface area contributed by atoms with Gasteiger partial charge in [-0.1, -0.05) is 0 Å². The quantitative estimate of drug-likeness (QED) is 0.769. The zero-order chi connectivity index (χ0) is 10.0. The molecule has 1 fully saturated rings.